The molecule has 0 spiro atoms. The number of carbonyl (C=O) groups excluding carboxylic acids is 1. The summed E-state index contributed by atoms with van der Waals surface area (Å²) in [5.41, 5.74) is 1.57. The fraction of sp³-hybridized carbons (Fsp3) is 0.364. The Bertz CT molecular complexity index is 978. The lowest BCUT2D eigenvalue weighted by Gasteiger charge is -2.31. The van der Waals surface area contributed by atoms with Gasteiger partial charge in [0.25, 0.3) is 11.1 Å². The molecule has 152 valence electrons. The van der Waals surface area contributed by atoms with Crippen LogP contribution in [0.5, 0.6) is 16.7 Å². The normalized spacial score (nSPS) is 14.8. The van der Waals surface area contributed by atoms with Crippen LogP contribution in [0.4, 0.5) is 0 Å². The maximum absolute atomic E-state index is 12.7. The second-order valence-electron chi connectivity index (χ2n) is 6.88. The van der Waals surface area contributed by atoms with Gasteiger partial charge in [-0.25, -0.2) is 4.98 Å². The summed E-state index contributed by atoms with van der Waals surface area (Å²) in [6.45, 7) is 3.91. The quantitative estimate of drug-likeness (QED) is 0.601. The largest absolute Gasteiger partial charge is 0.497 e. The summed E-state index contributed by atoms with van der Waals surface area (Å²) >= 11 is 1.54. The van der Waals surface area contributed by atoms with E-state index >= 15 is 0 Å². The van der Waals surface area contributed by atoms with E-state index in [1.807, 2.05) is 54.3 Å². The van der Waals surface area contributed by atoms with Crippen molar-refractivity contribution in [3.63, 3.8) is 0 Å². The Morgan fingerprint density at radius 3 is 2.55 bits per heavy atom. The molecular weight excluding hydrogens is 388 g/mol. The number of aromatic nitrogens is 1. The number of likely N-dealkylation sites (tertiary alicyclic amines) is 1. The molecule has 0 saturated carbocycles. The lowest BCUT2D eigenvalue weighted by molar-refractivity contribution is 0.0595. The Labute approximate surface area is 174 Å². The average Bonchev–Trinajstić information content (AvgIpc) is 3.16. The van der Waals surface area contributed by atoms with Crippen LogP contribution in [-0.4, -0.2) is 48.7 Å². The second-order valence-corrected chi connectivity index (χ2v) is 7.87. The van der Waals surface area contributed by atoms with Gasteiger partial charge in [0.15, 0.2) is 0 Å². The van der Waals surface area contributed by atoms with Crippen molar-refractivity contribution >= 4 is 27.5 Å². The molecule has 0 unspecified atom stereocenters. The third-order valence-electron chi connectivity index (χ3n) is 4.98. The summed E-state index contributed by atoms with van der Waals surface area (Å²) in [5.74, 6) is 1.62. The molecule has 1 aliphatic heterocycles. The number of amides is 1. The highest BCUT2D eigenvalue weighted by Crippen LogP contribution is 2.32. The molecule has 2 aromatic carbocycles. The molecule has 0 aliphatic carbocycles. The zero-order valence-electron chi connectivity index (χ0n) is 16.6. The Kier molecular flexibility index (Phi) is 5.85. The number of benzene rings is 2. The van der Waals surface area contributed by atoms with Crippen molar-refractivity contribution in [2.45, 2.75) is 25.9 Å². The molecule has 1 amide bonds. The van der Waals surface area contributed by atoms with Gasteiger partial charge in [0, 0.05) is 37.6 Å². The molecular formula is C22H24N2O4S. The van der Waals surface area contributed by atoms with Crippen LogP contribution in [0, 0.1) is 0 Å². The summed E-state index contributed by atoms with van der Waals surface area (Å²) in [7, 11) is 1.65. The van der Waals surface area contributed by atoms with Gasteiger partial charge < -0.3 is 19.1 Å². The van der Waals surface area contributed by atoms with Crippen LogP contribution in [-0.2, 0) is 0 Å². The van der Waals surface area contributed by atoms with Gasteiger partial charge in [-0.2, -0.15) is 0 Å². The number of hydrogen-bond acceptors (Lipinski definition) is 6. The Morgan fingerprint density at radius 1 is 1.14 bits per heavy atom. The highest BCUT2D eigenvalue weighted by Gasteiger charge is 2.25. The van der Waals surface area contributed by atoms with Crippen LogP contribution in [0.1, 0.15) is 30.1 Å². The Hall–Kier alpha value is -2.80. The average molecular weight is 413 g/mol. The monoisotopic (exact) mass is 412 g/mol. The molecule has 1 aromatic heterocycles. The number of methoxy groups -OCH3 is 1. The highest BCUT2D eigenvalue weighted by atomic mass is 32.1. The van der Waals surface area contributed by atoms with Crippen molar-refractivity contribution in [3.8, 4) is 16.7 Å². The van der Waals surface area contributed by atoms with Gasteiger partial charge in [-0.05, 0) is 43.3 Å². The maximum Gasteiger partial charge on any atom is 0.274 e. The first kappa shape index (κ1) is 19.5. The van der Waals surface area contributed by atoms with Crippen molar-refractivity contribution in [2.75, 3.05) is 26.8 Å². The van der Waals surface area contributed by atoms with E-state index in [4.69, 9.17) is 14.2 Å². The minimum atomic E-state index is 0.0542. The molecule has 0 N–H and O–H groups in total. The zero-order chi connectivity index (χ0) is 20.2. The summed E-state index contributed by atoms with van der Waals surface area (Å²) < 4.78 is 17.9. The fourth-order valence-corrected chi connectivity index (χ4v) is 4.29. The minimum Gasteiger partial charge on any atom is -0.497 e. The maximum atomic E-state index is 12.7. The van der Waals surface area contributed by atoms with E-state index in [2.05, 4.69) is 4.98 Å². The number of hydrogen-bond donors (Lipinski definition) is 0. The number of ether oxygens (including phenoxy) is 3. The zero-order valence-corrected chi connectivity index (χ0v) is 17.4. The van der Waals surface area contributed by atoms with E-state index in [9.17, 15) is 4.79 Å². The molecule has 4 rings (SSSR count). The van der Waals surface area contributed by atoms with Crippen LogP contribution in [0.25, 0.3) is 10.2 Å². The van der Waals surface area contributed by atoms with E-state index < -0.39 is 0 Å². The number of rotatable bonds is 6. The number of carbonyl (C=O) groups is 1. The van der Waals surface area contributed by atoms with E-state index in [0.717, 1.165) is 34.6 Å². The van der Waals surface area contributed by atoms with Gasteiger partial charge in [0.2, 0.25) is 0 Å². The van der Waals surface area contributed by atoms with E-state index in [1.54, 1.807) is 7.11 Å². The first-order chi connectivity index (χ1) is 14.2. The molecule has 0 radical (unpaired) electrons. The fourth-order valence-electron chi connectivity index (χ4n) is 3.43. The molecule has 1 fully saturated rings. The third kappa shape index (κ3) is 4.45. The van der Waals surface area contributed by atoms with Crippen LogP contribution in [0.3, 0.4) is 0 Å². The predicted molar refractivity (Wildman–Crippen MR) is 113 cm³/mol. The van der Waals surface area contributed by atoms with Crippen molar-refractivity contribution < 1.29 is 19.0 Å². The summed E-state index contributed by atoms with van der Waals surface area (Å²) in [5, 5.41) is 0.671. The second kappa shape index (κ2) is 8.69. The highest BCUT2D eigenvalue weighted by molar-refractivity contribution is 7.20. The minimum absolute atomic E-state index is 0.0542. The lowest BCUT2D eigenvalue weighted by Crippen LogP contribution is -2.41. The van der Waals surface area contributed by atoms with E-state index in [0.29, 0.717) is 30.5 Å². The lowest BCUT2D eigenvalue weighted by atomic mass is 10.1. The first-order valence-corrected chi connectivity index (χ1v) is 10.6. The Balaban J connectivity index is 1.33. The number of thiazole rings is 1. The number of fused-ring (bicyclic) bond motifs is 1. The van der Waals surface area contributed by atoms with Crippen LogP contribution in [0.2, 0.25) is 0 Å². The van der Waals surface area contributed by atoms with Crippen LogP contribution < -0.4 is 14.2 Å². The molecule has 6 nitrogen and oxygen atoms in total. The van der Waals surface area contributed by atoms with Crippen molar-refractivity contribution in [1.82, 2.24) is 9.88 Å². The van der Waals surface area contributed by atoms with Gasteiger partial charge in [0.05, 0.1) is 23.9 Å². The van der Waals surface area contributed by atoms with Crippen molar-refractivity contribution in [2.24, 2.45) is 0 Å². The van der Waals surface area contributed by atoms with Gasteiger partial charge in [-0.1, -0.05) is 11.3 Å². The number of nitrogens with zero attached hydrogens (tertiary/aromatic N) is 2. The first-order valence-electron chi connectivity index (χ1n) is 9.79. The van der Waals surface area contributed by atoms with E-state index in [1.165, 1.54) is 11.3 Å². The smallest absolute Gasteiger partial charge is 0.274 e. The molecule has 1 saturated heterocycles. The standard InChI is InChI=1S/C22H24N2O4S/c1-3-27-16-6-4-15(5-7-16)21(25)24-12-10-17(11-13-24)28-22-23-19-14-18(26-2)8-9-20(19)29-22/h4-9,14,17H,3,10-13H2,1-2H3. The van der Waals surface area contributed by atoms with Gasteiger partial charge in [0.1, 0.15) is 17.6 Å². The molecule has 7 heteroatoms. The molecule has 3 aromatic rings. The SMILES string of the molecule is CCOc1ccc(C(=O)N2CCC(Oc3nc4cc(OC)ccc4s3)CC2)cc1. The van der Waals surface area contributed by atoms with E-state index in [-0.39, 0.29) is 12.0 Å². The van der Waals surface area contributed by atoms with Crippen molar-refractivity contribution in [3.05, 3.63) is 48.0 Å². The topological polar surface area (TPSA) is 60.9 Å². The van der Waals surface area contributed by atoms with Gasteiger partial charge in [-0.3, -0.25) is 4.79 Å². The molecule has 0 atom stereocenters. The van der Waals surface area contributed by atoms with Gasteiger partial charge >= 0.3 is 0 Å². The third-order valence-corrected chi connectivity index (χ3v) is 5.91. The Morgan fingerprint density at radius 2 is 1.86 bits per heavy atom. The summed E-state index contributed by atoms with van der Waals surface area (Å²) in [6, 6.07) is 13.2. The molecule has 0 bridgehead atoms. The molecule has 29 heavy (non-hydrogen) atoms. The predicted octanol–water partition coefficient (Wildman–Crippen LogP) is 4.39. The van der Waals surface area contributed by atoms with Crippen LogP contribution in [0.15, 0.2) is 42.5 Å². The van der Waals surface area contributed by atoms with Gasteiger partial charge in [-0.15, -0.1) is 0 Å². The number of piperidine rings is 1. The molecule has 1 aliphatic rings. The van der Waals surface area contributed by atoms with Crippen molar-refractivity contribution in [1.29, 1.82) is 0 Å². The summed E-state index contributed by atoms with van der Waals surface area (Å²) in [6.07, 6.45) is 1.66. The van der Waals surface area contributed by atoms with Crippen LogP contribution >= 0.6 is 11.3 Å². The molecule has 2 heterocycles. The summed E-state index contributed by atoms with van der Waals surface area (Å²) in [4.78, 5) is 19.2.